The van der Waals surface area contributed by atoms with Crippen LogP contribution in [-0.4, -0.2) is 90.8 Å². The Balaban J connectivity index is 1.74. The number of aromatic hydroxyl groups is 1. The molecule has 204 valence electrons. The van der Waals surface area contributed by atoms with Crippen LogP contribution in [0.15, 0.2) is 40.9 Å². The highest BCUT2D eigenvalue weighted by molar-refractivity contribution is 7.99. The summed E-state index contributed by atoms with van der Waals surface area (Å²) in [6, 6.07) is 3.37. The number of carbonyl (C=O) groups is 3. The number of phenols is 1. The highest BCUT2D eigenvalue weighted by atomic mass is 32.2. The van der Waals surface area contributed by atoms with Gasteiger partial charge >= 0.3 is 0 Å². The van der Waals surface area contributed by atoms with Crippen molar-refractivity contribution in [2.45, 2.75) is 54.6 Å². The standard InChI is InChI=1S/C27H32N2O8S/c1-29(2)20-19-22(32)16-13(10-38-11-6-3-4-7-11)12-8-5-9-14(30)15(12)21(31)17(16)24(34)27(19,37)25(35)18(23(20)33)26(28)36/h5,8-9,11,13,16,19-20,22,30,32-34,37H,3-4,6-7,10H2,1-2H3,(H2,28,36)/t13?,16-,19+,20+,22+,27-/m1/s1. The molecule has 1 aromatic rings. The molecule has 4 aliphatic rings. The van der Waals surface area contributed by atoms with Crippen molar-refractivity contribution in [3.05, 3.63) is 52.0 Å². The van der Waals surface area contributed by atoms with E-state index in [0.29, 0.717) is 16.6 Å². The number of aliphatic hydroxyl groups is 4. The van der Waals surface area contributed by atoms with Gasteiger partial charge in [-0.05, 0) is 38.6 Å². The van der Waals surface area contributed by atoms with Crippen LogP contribution >= 0.6 is 11.8 Å². The minimum absolute atomic E-state index is 0.0579. The summed E-state index contributed by atoms with van der Waals surface area (Å²) in [4.78, 5) is 40.8. The van der Waals surface area contributed by atoms with Gasteiger partial charge in [0, 0.05) is 28.4 Å². The molecular weight excluding hydrogens is 512 g/mol. The van der Waals surface area contributed by atoms with Crippen molar-refractivity contribution in [2.75, 3.05) is 19.8 Å². The van der Waals surface area contributed by atoms with E-state index in [1.807, 2.05) is 0 Å². The third-order valence-electron chi connectivity index (χ3n) is 8.61. The second-order valence-electron chi connectivity index (χ2n) is 10.8. The zero-order chi connectivity index (χ0) is 27.7. The Morgan fingerprint density at radius 1 is 1.16 bits per heavy atom. The molecule has 1 amide bonds. The summed E-state index contributed by atoms with van der Waals surface area (Å²) in [5, 5.41) is 57.2. The van der Waals surface area contributed by atoms with Gasteiger partial charge in [0.1, 0.15) is 22.8 Å². The van der Waals surface area contributed by atoms with Crippen LogP contribution < -0.4 is 5.73 Å². The van der Waals surface area contributed by atoms with Crippen LogP contribution in [0.1, 0.15) is 47.5 Å². The molecule has 7 N–H and O–H groups in total. The number of aliphatic hydroxyl groups excluding tert-OH is 3. The van der Waals surface area contributed by atoms with E-state index >= 15 is 0 Å². The average Bonchev–Trinajstić information content (AvgIpc) is 3.37. The van der Waals surface area contributed by atoms with Crippen LogP contribution in [0.2, 0.25) is 0 Å². The Hall–Kier alpha value is -2.86. The second kappa shape index (κ2) is 9.41. The Bertz CT molecular complexity index is 1280. The van der Waals surface area contributed by atoms with E-state index in [9.17, 15) is 39.9 Å². The fourth-order valence-electron chi connectivity index (χ4n) is 6.89. The number of hydrogen-bond acceptors (Lipinski definition) is 10. The van der Waals surface area contributed by atoms with E-state index in [1.165, 1.54) is 25.1 Å². The van der Waals surface area contributed by atoms with Crippen molar-refractivity contribution in [1.29, 1.82) is 0 Å². The molecule has 11 heteroatoms. The first-order valence-corrected chi connectivity index (χ1v) is 13.7. The zero-order valence-corrected chi connectivity index (χ0v) is 21.9. The van der Waals surface area contributed by atoms with E-state index in [0.717, 1.165) is 25.7 Å². The highest BCUT2D eigenvalue weighted by Crippen LogP contribution is 2.56. The van der Waals surface area contributed by atoms with Gasteiger partial charge in [-0.25, -0.2) is 0 Å². The van der Waals surface area contributed by atoms with Gasteiger partial charge in [0.05, 0.1) is 23.6 Å². The molecule has 0 radical (unpaired) electrons. The fraction of sp³-hybridized carbons (Fsp3) is 0.519. The number of benzene rings is 1. The highest BCUT2D eigenvalue weighted by Gasteiger charge is 2.67. The molecule has 1 saturated carbocycles. The van der Waals surface area contributed by atoms with Crippen molar-refractivity contribution >= 4 is 29.2 Å². The predicted octanol–water partition coefficient (Wildman–Crippen LogP) is 1.31. The summed E-state index contributed by atoms with van der Waals surface area (Å²) < 4.78 is 0. The molecule has 5 rings (SSSR count). The summed E-state index contributed by atoms with van der Waals surface area (Å²) in [7, 11) is 3.04. The summed E-state index contributed by atoms with van der Waals surface area (Å²) in [5.74, 6) is -8.22. The van der Waals surface area contributed by atoms with Crippen LogP contribution in [-0.2, 0) is 9.59 Å². The first-order chi connectivity index (χ1) is 17.9. The van der Waals surface area contributed by atoms with E-state index in [2.05, 4.69) is 0 Å². The van der Waals surface area contributed by atoms with Gasteiger partial charge in [0.15, 0.2) is 11.4 Å². The maximum absolute atomic E-state index is 13.8. The van der Waals surface area contributed by atoms with Gasteiger partial charge in [0.25, 0.3) is 5.91 Å². The van der Waals surface area contributed by atoms with Crippen LogP contribution in [0.25, 0.3) is 0 Å². The molecule has 6 atom stereocenters. The third kappa shape index (κ3) is 3.63. The molecule has 10 nitrogen and oxygen atoms in total. The van der Waals surface area contributed by atoms with Crippen LogP contribution in [0.3, 0.4) is 0 Å². The first-order valence-electron chi connectivity index (χ1n) is 12.7. The monoisotopic (exact) mass is 544 g/mol. The maximum Gasteiger partial charge on any atom is 0.255 e. The molecule has 38 heavy (non-hydrogen) atoms. The largest absolute Gasteiger partial charge is 0.510 e. The number of carbonyl (C=O) groups excluding carboxylic acids is 3. The molecule has 1 unspecified atom stereocenters. The van der Waals surface area contributed by atoms with Gasteiger partial charge in [0.2, 0.25) is 5.78 Å². The minimum atomic E-state index is -2.91. The van der Waals surface area contributed by atoms with Crippen LogP contribution in [0, 0.1) is 11.8 Å². The molecule has 0 bridgehead atoms. The van der Waals surface area contributed by atoms with Crippen LogP contribution in [0.4, 0.5) is 0 Å². The average molecular weight is 545 g/mol. The minimum Gasteiger partial charge on any atom is -0.510 e. The van der Waals surface area contributed by atoms with Gasteiger partial charge in [-0.2, -0.15) is 11.8 Å². The first kappa shape index (κ1) is 26.7. The normalized spacial score (nSPS) is 33.4. The van der Waals surface area contributed by atoms with Gasteiger partial charge in [-0.1, -0.05) is 25.0 Å². The molecule has 1 aromatic carbocycles. The second-order valence-corrected chi connectivity index (χ2v) is 12.2. The Labute approximate surface area is 223 Å². The zero-order valence-electron chi connectivity index (χ0n) is 21.1. The summed E-state index contributed by atoms with van der Waals surface area (Å²) >= 11 is 1.69. The quantitative estimate of drug-likeness (QED) is 0.296. The third-order valence-corrected chi connectivity index (χ3v) is 10.1. The number of phenolic OH excluding ortho intramolecular Hbond substituents is 1. The number of amides is 1. The smallest absolute Gasteiger partial charge is 0.255 e. The summed E-state index contributed by atoms with van der Waals surface area (Å²) in [6.07, 6.45) is 2.72. The molecule has 0 aliphatic heterocycles. The molecule has 0 spiro atoms. The van der Waals surface area contributed by atoms with E-state index in [-0.39, 0.29) is 16.9 Å². The lowest BCUT2D eigenvalue weighted by molar-refractivity contribution is -0.162. The maximum atomic E-state index is 13.8. The number of ketones is 2. The molecule has 0 aromatic heterocycles. The lowest BCUT2D eigenvalue weighted by atomic mass is 9.55. The number of fused-ring (bicyclic) bond motifs is 3. The number of hydrogen-bond donors (Lipinski definition) is 6. The van der Waals surface area contributed by atoms with E-state index < -0.39 is 70.1 Å². The van der Waals surface area contributed by atoms with Gasteiger partial charge < -0.3 is 31.3 Å². The number of thioether (sulfide) groups is 1. The van der Waals surface area contributed by atoms with E-state index in [1.54, 1.807) is 23.9 Å². The SMILES string of the molecule is CN(C)[C@@H]1C(O)=C(C(N)=O)C(=O)[C@]2(O)C(O)=C3C(=O)c4c(O)cccc4C(CSC4CCCC4)[C@H]3[C@H](O)[C@H]12. The van der Waals surface area contributed by atoms with Crippen molar-refractivity contribution in [2.24, 2.45) is 17.6 Å². The molecule has 4 aliphatic carbocycles. The van der Waals surface area contributed by atoms with E-state index in [4.69, 9.17) is 5.73 Å². The number of Topliss-reactive ketones (excluding diaryl/α,β-unsaturated/α-hetero) is 2. The van der Waals surface area contributed by atoms with Crippen molar-refractivity contribution in [3.8, 4) is 5.75 Å². The predicted molar refractivity (Wildman–Crippen MR) is 139 cm³/mol. The fourth-order valence-corrected chi connectivity index (χ4v) is 8.43. The number of likely N-dealkylation sites (N-methyl/N-ethyl adjacent to an activating group) is 1. The van der Waals surface area contributed by atoms with Crippen molar-refractivity contribution in [1.82, 2.24) is 4.90 Å². The summed E-state index contributed by atoms with van der Waals surface area (Å²) in [6.45, 7) is 0. The number of rotatable bonds is 5. The number of primary amides is 1. The lowest BCUT2D eigenvalue weighted by Gasteiger charge is -2.53. The lowest BCUT2D eigenvalue weighted by Crippen LogP contribution is -2.68. The number of nitrogens with zero attached hydrogens (tertiary/aromatic N) is 1. The Morgan fingerprint density at radius 3 is 2.42 bits per heavy atom. The Morgan fingerprint density at radius 2 is 1.82 bits per heavy atom. The Kier molecular flexibility index (Phi) is 6.62. The topological polar surface area (TPSA) is 182 Å². The van der Waals surface area contributed by atoms with Gasteiger partial charge in [-0.15, -0.1) is 0 Å². The van der Waals surface area contributed by atoms with Crippen LogP contribution in [0.5, 0.6) is 5.75 Å². The summed E-state index contributed by atoms with van der Waals surface area (Å²) in [5.41, 5.74) is 1.63. The molecular formula is C27H32N2O8S. The molecule has 0 saturated heterocycles. The van der Waals surface area contributed by atoms with Crippen molar-refractivity contribution in [3.63, 3.8) is 0 Å². The molecule has 0 heterocycles. The number of nitrogens with two attached hydrogens (primary N) is 1. The van der Waals surface area contributed by atoms with Crippen molar-refractivity contribution < 1.29 is 39.9 Å². The van der Waals surface area contributed by atoms with Gasteiger partial charge in [-0.3, -0.25) is 19.3 Å². The molecule has 1 fully saturated rings.